The van der Waals surface area contributed by atoms with Crippen LogP contribution >= 0.6 is 25.3 Å². The number of amides is 16. The number of carboxylic acids is 3. The van der Waals surface area contributed by atoms with E-state index in [2.05, 4.69) is 120 Å². The van der Waals surface area contributed by atoms with E-state index >= 15 is 4.79 Å². The maximum absolute atomic E-state index is 15.0. The number of ether oxygens (including phenoxy) is 2. The molecule has 0 spiro atoms. The minimum absolute atomic E-state index is 0.0198. The average Bonchev–Trinajstić information content (AvgIpc) is 1.64. The van der Waals surface area contributed by atoms with E-state index in [1.54, 1.807) is 30.5 Å². The van der Waals surface area contributed by atoms with Gasteiger partial charge in [-0.2, -0.15) is 25.3 Å². The van der Waals surface area contributed by atoms with Crippen LogP contribution in [0, 0.1) is 5.41 Å². The number of aliphatic hydroxyl groups is 1. The number of carbonyl (C=O) groups is 19. The number of para-hydroxylation sites is 1. The minimum Gasteiger partial charge on any atom is -0.481 e. The van der Waals surface area contributed by atoms with E-state index in [-0.39, 0.29) is 179 Å². The third kappa shape index (κ3) is 44.8. The Morgan fingerprint density at radius 3 is 1.74 bits per heavy atom. The van der Waals surface area contributed by atoms with Crippen LogP contribution in [-0.4, -0.2) is 373 Å². The summed E-state index contributed by atoms with van der Waals surface area (Å²) < 4.78 is 10.9. The summed E-state index contributed by atoms with van der Waals surface area (Å²) in [6.45, 7) is -2.95. The van der Waals surface area contributed by atoms with E-state index < -0.39 is 224 Å². The van der Waals surface area contributed by atoms with E-state index in [9.17, 15) is 107 Å². The van der Waals surface area contributed by atoms with Gasteiger partial charge < -0.3 is 136 Å². The van der Waals surface area contributed by atoms with E-state index in [1.165, 1.54) is 68.1 Å². The monoisotopic (exact) mass is 2070 g/mol. The Morgan fingerprint density at radius 2 is 1.10 bits per heavy atom. The Bertz CT molecular complexity index is 4680. The van der Waals surface area contributed by atoms with Crippen molar-refractivity contribution in [2.75, 3.05) is 116 Å². The molecule has 2 aromatic heterocycles. The molecule has 53 heteroatoms. The first-order valence-corrected chi connectivity index (χ1v) is 50.4. The normalized spacial score (nSPS) is 16.6. The Labute approximate surface area is 845 Å². The van der Waals surface area contributed by atoms with Crippen LogP contribution in [-0.2, 0) is 113 Å². The number of H-pyrrole nitrogens is 2. The van der Waals surface area contributed by atoms with Gasteiger partial charge in [0.05, 0.1) is 58.5 Å². The number of unbranched alkanes of at least 4 members (excludes halogenated alkanes) is 14. The number of β-amino-alcohol motifs (C(OH)–C–C–N with tert-alkyl or cyclic N) is 1. The number of hydrogen-bond donors (Lipinski definition) is 25. The summed E-state index contributed by atoms with van der Waals surface area (Å²) in [7, 11) is 0. The number of likely N-dealkylation sites (tertiary alicyclic amines) is 3. The van der Waals surface area contributed by atoms with Crippen molar-refractivity contribution in [3.05, 3.63) is 41.9 Å². The molecule has 6 rings (SSSR count). The first kappa shape index (κ1) is 120. The summed E-state index contributed by atoms with van der Waals surface area (Å²) in [5, 5.41) is 94.8. The highest BCUT2D eigenvalue weighted by molar-refractivity contribution is 7.80. The summed E-state index contributed by atoms with van der Waals surface area (Å²) in [5.41, 5.74) is 18.3. The molecule has 3 fully saturated rings. The summed E-state index contributed by atoms with van der Waals surface area (Å²) in [6.07, 6.45) is 16.0. The first-order chi connectivity index (χ1) is 69.0. The van der Waals surface area contributed by atoms with Crippen LogP contribution in [0.4, 0.5) is 0 Å². The zero-order valence-electron chi connectivity index (χ0n) is 81.6. The number of carbonyl (C=O) groups excluding carboxylic acids is 16. The number of nitrogens with zero attached hydrogens (tertiary/aromatic N) is 7. The lowest BCUT2D eigenvalue weighted by atomic mass is 10.0. The number of guanidine groups is 1. The van der Waals surface area contributed by atoms with Crippen molar-refractivity contribution in [2.24, 2.45) is 17.2 Å². The average molecular weight is 2070 g/mol. The maximum atomic E-state index is 15.0. The predicted octanol–water partition coefficient (Wildman–Crippen LogP) is -4.49. The second-order valence-electron chi connectivity index (χ2n) is 35.8. The van der Waals surface area contributed by atoms with Crippen LogP contribution in [0.1, 0.15) is 205 Å². The molecule has 51 nitrogen and oxygen atoms in total. The molecule has 144 heavy (non-hydrogen) atoms. The number of tetrazole rings is 1. The first-order valence-electron chi connectivity index (χ1n) is 49.2. The predicted molar refractivity (Wildman–Crippen MR) is 526 cm³/mol. The summed E-state index contributed by atoms with van der Waals surface area (Å²) >= 11 is 8.64. The largest absolute Gasteiger partial charge is 0.481 e. The van der Waals surface area contributed by atoms with Gasteiger partial charge in [-0.15, -0.1) is 5.10 Å². The van der Waals surface area contributed by atoms with Gasteiger partial charge in [-0.1, -0.05) is 88.8 Å². The van der Waals surface area contributed by atoms with Gasteiger partial charge in [0, 0.05) is 101 Å². The van der Waals surface area contributed by atoms with Gasteiger partial charge in [0.15, 0.2) is 5.96 Å². The Kier molecular flexibility index (Phi) is 55.5. The van der Waals surface area contributed by atoms with Gasteiger partial charge in [0.2, 0.25) is 94.5 Å². The maximum Gasteiger partial charge on any atom is 0.317 e. The van der Waals surface area contributed by atoms with Gasteiger partial charge in [0.25, 0.3) is 0 Å². The summed E-state index contributed by atoms with van der Waals surface area (Å²) in [4.78, 5) is 265. The van der Waals surface area contributed by atoms with Crippen LogP contribution in [0.15, 0.2) is 30.5 Å². The number of rotatable bonds is 73. The Balaban J connectivity index is 1.04. The summed E-state index contributed by atoms with van der Waals surface area (Å²) in [5.74, 6) is -18.1. The van der Waals surface area contributed by atoms with Crippen molar-refractivity contribution in [3.63, 3.8) is 0 Å². The number of aliphatic carboxylic acids is 3. The number of fused-ring (bicyclic) bond motifs is 1. The number of nitrogens with two attached hydrogens (primary N) is 3. The second-order valence-corrected chi connectivity index (χ2v) is 36.6. The van der Waals surface area contributed by atoms with Crippen molar-refractivity contribution < 1.29 is 121 Å². The van der Waals surface area contributed by atoms with E-state index in [4.69, 9.17) is 32.1 Å². The van der Waals surface area contributed by atoms with Gasteiger partial charge in [0.1, 0.15) is 78.9 Å². The van der Waals surface area contributed by atoms with Crippen LogP contribution < -0.4 is 86.3 Å². The number of aliphatic hydroxyl groups excluding tert-OH is 1. The van der Waals surface area contributed by atoms with E-state index in [1.807, 2.05) is 0 Å². The number of primary amides is 1. The molecule has 5 heterocycles. The molecular formula is C91H146N26O25S2. The highest BCUT2D eigenvalue weighted by Crippen LogP contribution is 2.28. The molecule has 0 unspecified atom stereocenters. The number of aromatic amines is 2. The van der Waals surface area contributed by atoms with Crippen molar-refractivity contribution in [2.45, 2.75) is 279 Å². The number of nitrogens with one attached hydrogen (secondary N) is 16. The molecule has 0 bridgehead atoms. The number of hydrogen-bond acceptors (Lipinski definition) is 30. The van der Waals surface area contributed by atoms with Crippen LogP contribution in [0.5, 0.6) is 0 Å². The SMILES string of the molecule is CC(=O)N[C@@H](CCS)C(=O)N1C[C@H](O)C[C@H]1C(=O)NCC(=O)N[C@@H](CCCNC(=N)N)C(=O)N[C@@H](Cc1c[nH]c2ccccc12)C(=O)N[C@@H](CS)C(=O)N1CCC[C@H]1C(=O)N1CCC[C@H]1C(=O)N[C@@H](CCCCN)C(=O)N[C@@H](CC(=O)O)C(=O)N[C@@H](CNC(=O)CN(CC(=O)O)CC(=O)O)C(=O)N[C@@H](CCCCNC(=O)COCCOCCNC(=O)CCCCCCCCCCCCCCCc1nnn[nH]1)C(N)=O. The molecule has 0 aliphatic carbocycles. The fourth-order valence-electron chi connectivity index (χ4n) is 17.0. The Morgan fingerprint density at radius 1 is 0.528 bits per heavy atom. The molecule has 3 saturated heterocycles. The highest BCUT2D eigenvalue weighted by atomic mass is 32.1. The van der Waals surface area contributed by atoms with Crippen molar-refractivity contribution >= 4 is 155 Å². The third-order valence-electron chi connectivity index (χ3n) is 24.3. The number of benzene rings is 1. The molecule has 3 aliphatic heterocycles. The smallest absolute Gasteiger partial charge is 0.317 e. The quantitative estimate of drug-likeness (QED) is 0.0110. The van der Waals surface area contributed by atoms with Crippen molar-refractivity contribution in [1.29, 1.82) is 5.41 Å². The van der Waals surface area contributed by atoms with Crippen molar-refractivity contribution in [1.82, 2.24) is 114 Å². The van der Waals surface area contributed by atoms with Gasteiger partial charge in [-0.05, 0) is 131 Å². The van der Waals surface area contributed by atoms with Crippen LogP contribution in [0.3, 0.4) is 0 Å². The minimum atomic E-state index is -2.10. The molecule has 0 radical (unpaired) electrons. The molecule has 802 valence electrons. The number of aryl methyl sites for hydroxylation is 1. The molecule has 3 aliphatic rings. The molecule has 12 atom stereocenters. The molecule has 0 saturated carbocycles. The number of thiol groups is 2. The fourth-order valence-corrected chi connectivity index (χ4v) is 17.5. The van der Waals surface area contributed by atoms with Gasteiger partial charge in [-0.3, -0.25) is 101 Å². The second kappa shape index (κ2) is 66.5. The molecule has 1 aromatic carbocycles. The standard InChI is InChI=1S/C91H146N26O25S2/c1-56(118)102-64(33-43-143)88(138)117-50-58(119)45-71(117)86(136)101-49-74(121)103-62(28-21-36-98-91(94)95)81(131)106-65(44-57-47-99-60-25-16-15-24-59(57)60)83(133)109-68(55-144)89(139)116-39-23-30-70(116)90(140)115-38-22-29-69(115)87(137)105-63(27-17-19-34-92)82(132)107-66(46-77(124)125)84(134)108-67(48-100-75(122)51-114(52-78(126)127)53-79(128)129)85(135)104-61(80(93)130)26-18-20-35-96-76(123)54-142-42-41-141-40-37-97-73(120)32-14-12-10-8-6-4-2-3-5-7-9-11-13-31-72-110-112-113-111-72/h15-16,24-25,47,58,61-71,99,119,143-144H,2-14,17-23,26-46,48-55,92H2,1H3,(H2,93,130)(H,96,123)(H,97,120)(H,100,122)(H,101,136)(H,102,118)(H,103,121)(H,104,135)(H,105,137)(H,106,131)(H,107,132)(H,108,134)(H,109,133)(H,124,125)(H,126,127)(H,128,129)(H4,94,95,98)(H,110,111,112,113)/t58-,61+,62+,63+,64+,65+,66+,67+,68+,69+,70+,71+/m1/s1. The number of aromatic nitrogens is 5. The Hall–Kier alpha value is -12.5. The molecule has 3 aromatic rings. The lowest BCUT2D eigenvalue weighted by molar-refractivity contribution is -0.148. The zero-order chi connectivity index (χ0) is 105. The van der Waals surface area contributed by atoms with E-state index in [0.717, 1.165) is 49.2 Å². The van der Waals surface area contributed by atoms with Gasteiger partial charge in [-0.25, -0.2) is 5.10 Å². The fraction of sp³-hybridized carbons (Fsp3) is 0.681. The third-order valence-corrected chi connectivity index (χ3v) is 24.9. The zero-order valence-corrected chi connectivity index (χ0v) is 83.4. The van der Waals surface area contributed by atoms with E-state index in [0.29, 0.717) is 34.3 Å². The molecular weight excluding hydrogens is 1920 g/mol. The molecule has 26 N–H and O–H groups in total. The van der Waals surface area contributed by atoms with Crippen molar-refractivity contribution in [3.8, 4) is 0 Å². The number of carboxylic acid groups (broad SMARTS) is 3. The van der Waals surface area contributed by atoms with Gasteiger partial charge >= 0.3 is 17.9 Å². The lowest BCUT2D eigenvalue weighted by Gasteiger charge is -2.33. The summed E-state index contributed by atoms with van der Waals surface area (Å²) in [6, 6.07) is -9.52. The topological polar surface area (TPSA) is 765 Å². The highest BCUT2D eigenvalue weighted by Gasteiger charge is 2.46. The lowest BCUT2D eigenvalue weighted by Crippen LogP contribution is -2.61. The van der Waals surface area contributed by atoms with Crippen LogP contribution in [0.25, 0.3) is 10.9 Å². The molecule has 16 amide bonds. The van der Waals surface area contributed by atoms with Crippen LogP contribution in [0.2, 0.25) is 0 Å².